The first kappa shape index (κ1) is 17.6. The number of rotatable bonds is 3. The van der Waals surface area contributed by atoms with Crippen molar-refractivity contribution >= 4 is 11.8 Å². The van der Waals surface area contributed by atoms with Crippen molar-refractivity contribution in [3.8, 4) is 0 Å². The molecule has 1 fully saturated rings. The third-order valence-electron chi connectivity index (χ3n) is 4.73. The summed E-state index contributed by atoms with van der Waals surface area (Å²) in [5.74, 6) is 2.74. The summed E-state index contributed by atoms with van der Waals surface area (Å²) in [7, 11) is 2.09. The normalized spacial score (nSPS) is 16.1. The molecule has 0 unspecified atom stereocenters. The van der Waals surface area contributed by atoms with Gasteiger partial charge in [0, 0.05) is 50.2 Å². The summed E-state index contributed by atoms with van der Waals surface area (Å²) in [6.07, 6.45) is 7.78. The van der Waals surface area contributed by atoms with Gasteiger partial charge >= 0.3 is 0 Å². The standard InChI is InChI=1S/C19H28N6/c1-14-12-21-18(22-13-14)24(5)15-7-10-25(11-8-15)16-6-9-20-17(23-16)19(2,3)4/h6,9,12-13,15H,7-8,10-11H2,1-5H3. The number of hydrogen-bond donors (Lipinski definition) is 0. The smallest absolute Gasteiger partial charge is 0.225 e. The van der Waals surface area contributed by atoms with Crippen LogP contribution in [0.25, 0.3) is 0 Å². The van der Waals surface area contributed by atoms with Gasteiger partial charge in [-0.15, -0.1) is 0 Å². The molecule has 0 spiro atoms. The van der Waals surface area contributed by atoms with E-state index in [1.807, 2.05) is 31.6 Å². The molecule has 134 valence electrons. The minimum Gasteiger partial charge on any atom is -0.356 e. The molecule has 25 heavy (non-hydrogen) atoms. The highest BCUT2D eigenvalue weighted by Crippen LogP contribution is 2.24. The molecule has 0 atom stereocenters. The molecule has 2 aromatic rings. The Kier molecular flexibility index (Phi) is 4.88. The molecule has 0 N–H and O–H groups in total. The van der Waals surface area contributed by atoms with E-state index >= 15 is 0 Å². The summed E-state index contributed by atoms with van der Waals surface area (Å²) in [6.45, 7) is 10.4. The Labute approximate surface area is 150 Å². The molecule has 0 aromatic carbocycles. The van der Waals surface area contributed by atoms with E-state index < -0.39 is 0 Å². The molecule has 0 saturated carbocycles. The van der Waals surface area contributed by atoms with Crippen molar-refractivity contribution in [1.82, 2.24) is 19.9 Å². The van der Waals surface area contributed by atoms with Crippen molar-refractivity contribution < 1.29 is 0 Å². The van der Waals surface area contributed by atoms with E-state index in [0.717, 1.165) is 49.1 Å². The minimum absolute atomic E-state index is 0.0304. The first-order valence-corrected chi connectivity index (χ1v) is 8.94. The van der Waals surface area contributed by atoms with E-state index in [9.17, 15) is 0 Å². The van der Waals surface area contributed by atoms with E-state index in [1.54, 1.807) is 0 Å². The maximum Gasteiger partial charge on any atom is 0.225 e. The number of nitrogens with zero attached hydrogens (tertiary/aromatic N) is 6. The molecule has 0 amide bonds. The molecular formula is C19H28N6. The summed E-state index contributed by atoms with van der Waals surface area (Å²) >= 11 is 0. The van der Waals surface area contributed by atoms with E-state index in [2.05, 4.69) is 52.6 Å². The van der Waals surface area contributed by atoms with Crippen LogP contribution in [0.3, 0.4) is 0 Å². The average molecular weight is 340 g/mol. The predicted molar refractivity (Wildman–Crippen MR) is 101 cm³/mol. The summed E-state index contributed by atoms with van der Waals surface area (Å²) in [5.41, 5.74) is 1.06. The maximum atomic E-state index is 4.78. The molecule has 0 radical (unpaired) electrons. The Morgan fingerprint density at radius 1 is 1.08 bits per heavy atom. The van der Waals surface area contributed by atoms with Crippen LogP contribution in [0.15, 0.2) is 24.7 Å². The van der Waals surface area contributed by atoms with Crippen LogP contribution < -0.4 is 9.80 Å². The number of hydrogen-bond acceptors (Lipinski definition) is 6. The van der Waals surface area contributed by atoms with Gasteiger partial charge in [0.25, 0.3) is 0 Å². The Bertz CT molecular complexity index is 699. The molecule has 2 aromatic heterocycles. The van der Waals surface area contributed by atoms with Crippen LogP contribution in [0, 0.1) is 6.92 Å². The van der Waals surface area contributed by atoms with Gasteiger partial charge in [-0.25, -0.2) is 19.9 Å². The summed E-state index contributed by atoms with van der Waals surface area (Å²) in [4.78, 5) is 22.7. The monoisotopic (exact) mass is 340 g/mol. The fourth-order valence-corrected chi connectivity index (χ4v) is 3.10. The number of anilines is 2. The second-order valence-electron chi connectivity index (χ2n) is 7.88. The summed E-state index contributed by atoms with van der Waals surface area (Å²) in [6, 6.07) is 2.48. The van der Waals surface area contributed by atoms with E-state index in [4.69, 9.17) is 4.98 Å². The number of aryl methyl sites for hydroxylation is 1. The third kappa shape index (κ3) is 4.06. The first-order chi connectivity index (χ1) is 11.8. The molecule has 3 rings (SSSR count). The van der Waals surface area contributed by atoms with Gasteiger partial charge in [0.05, 0.1) is 0 Å². The van der Waals surface area contributed by atoms with E-state index in [-0.39, 0.29) is 5.41 Å². The van der Waals surface area contributed by atoms with Gasteiger partial charge in [-0.3, -0.25) is 0 Å². The zero-order valence-electron chi connectivity index (χ0n) is 15.9. The molecule has 1 aliphatic rings. The van der Waals surface area contributed by atoms with Gasteiger partial charge in [0.15, 0.2) is 0 Å². The fraction of sp³-hybridized carbons (Fsp3) is 0.579. The molecule has 1 saturated heterocycles. The first-order valence-electron chi connectivity index (χ1n) is 8.94. The Morgan fingerprint density at radius 2 is 1.72 bits per heavy atom. The molecule has 6 heteroatoms. The second kappa shape index (κ2) is 6.94. The lowest BCUT2D eigenvalue weighted by atomic mass is 9.96. The maximum absolute atomic E-state index is 4.78. The number of piperidine rings is 1. The van der Waals surface area contributed by atoms with Gasteiger partial charge < -0.3 is 9.80 Å². The molecule has 6 nitrogen and oxygen atoms in total. The zero-order chi connectivity index (χ0) is 18.0. The van der Waals surface area contributed by atoms with Gasteiger partial charge in [0.2, 0.25) is 5.95 Å². The van der Waals surface area contributed by atoms with Crippen LogP contribution in [0.5, 0.6) is 0 Å². The van der Waals surface area contributed by atoms with Crippen LogP contribution in [-0.4, -0.2) is 46.1 Å². The molecular weight excluding hydrogens is 312 g/mol. The van der Waals surface area contributed by atoms with Gasteiger partial charge in [-0.05, 0) is 31.4 Å². The molecule has 1 aliphatic heterocycles. The van der Waals surface area contributed by atoms with Crippen molar-refractivity contribution in [3.05, 3.63) is 36.0 Å². The van der Waals surface area contributed by atoms with Crippen LogP contribution in [0.4, 0.5) is 11.8 Å². The Morgan fingerprint density at radius 3 is 2.32 bits per heavy atom. The van der Waals surface area contributed by atoms with Crippen LogP contribution in [0.1, 0.15) is 45.0 Å². The van der Waals surface area contributed by atoms with Gasteiger partial charge in [0.1, 0.15) is 11.6 Å². The summed E-state index contributed by atoms with van der Waals surface area (Å²) < 4.78 is 0. The van der Waals surface area contributed by atoms with Crippen molar-refractivity contribution in [2.45, 2.75) is 52.0 Å². The highest BCUT2D eigenvalue weighted by atomic mass is 15.3. The highest BCUT2D eigenvalue weighted by Gasteiger charge is 2.25. The van der Waals surface area contributed by atoms with Crippen molar-refractivity contribution in [1.29, 1.82) is 0 Å². The quantitative estimate of drug-likeness (QED) is 0.856. The van der Waals surface area contributed by atoms with E-state index in [0.29, 0.717) is 6.04 Å². The minimum atomic E-state index is -0.0304. The lowest BCUT2D eigenvalue weighted by Gasteiger charge is -2.37. The Hall–Kier alpha value is -2.24. The van der Waals surface area contributed by atoms with E-state index in [1.165, 1.54) is 0 Å². The fourth-order valence-electron chi connectivity index (χ4n) is 3.10. The molecule has 3 heterocycles. The van der Waals surface area contributed by atoms with Gasteiger partial charge in [-0.2, -0.15) is 0 Å². The van der Waals surface area contributed by atoms with Gasteiger partial charge in [-0.1, -0.05) is 20.8 Å². The summed E-state index contributed by atoms with van der Waals surface area (Å²) in [5, 5.41) is 0. The predicted octanol–water partition coefficient (Wildman–Crippen LogP) is 2.98. The zero-order valence-corrected chi connectivity index (χ0v) is 15.9. The van der Waals surface area contributed by atoms with Crippen LogP contribution in [-0.2, 0) is 5.41 Å². The van der Waals surface area contributed by atoms with Crippen LogP contribution >= 0.6 is 0 Å². The van der Waals surface area contributed by atoms with Crippen LogP contribution in [0.2, 0.25) is 0 Å². The lowest BCUT2D eigenvalue weighted by Crippen LogP contribution is -2.44. The molecule has 0 aliphatic carbocycles. The average Bonchev–Trinajstić information content (AvgIpc) is 2.61. The van der Waals surface area contributed by atoms with Crippen molar-refractivity contribution in [2.24, 2.45) is 0 Å². The largest absolute Gasteiger partial charge is 0.356 e. The third-order valence-corrected chi connectivity index (χ3v) is 4.73. The van der Waals surface area contributed by atoms with Crippen molar-refractivity contribution in [2.75, 3.05) is 29.9 Å². The highest BCUT2D eigenvalue weighted by molar-refractivity contribution is 5.40. The van der Waals surface area contributed by atoms with Crippen molar-refractivity contribution in [3.63, 3.8) is 0 Å². The Balaban J connectivity index is 1.65. The SMILES string of the molecule is Cc1cnc(N(C)C2CCN(c3ccnc(C(C)(C)C)n3)CC2)nc1. The second-order valence-corrected chi connectivity index (χ2v) is 7.88. The topological polar surface area (TPSA) is 58.0 Å². The number of aromatic nitrogens is 4. The lowest BCUT2D eigenvalue weighted by molar-refractivity contribution is 0.472. The molecule has 0 bridgehead atoms.